The van der Waals surface area contributed by atoms with Crippen LogP contribution in [-0.2, 0) is 13.6 Å². The average Bonchev–Trinajstić information content (AvgIpc) is 2.94. The van der Waals surface area contributed by atoms with Crippen molar-refractivity contribution in [2.45, 2.75) is 39.8 Å². The number of aromatic nitrogens is 4. The van der Waals surface area contributed by atoms with Crippen molar-refractivity contribution in [1.82, 2.24) is 19.6 Å². The molecule has 2 aromatic rings. The van der Waals surface area contributed by atoms with Crippen LogP contribution >= 0.6 is 0 Å². The van der Waals surface area contributed by atoms with Crippen molar-refractivity contribution in [2.75, 3.05) is 5.32 Å². The summed E-state index contributed by atoms with van der Waals surface area (Å²) in [6.07, 6.45) is 4.81. The molecule has 0 saturated carbocycles. The summed E-state index contributed by atoms with van der Waals surface area (Å²) >= 11 is 0. The first-order valence-corrected chi connectivity index (χ1v) is 6.38. The monoisotopic (exact) mass is 247 g/mol. The van der Waals surface area contributed by atoms with Crippen LogP contribution in [-0.4, -0.2) is 19.6 Å². The molecule has 0 aliphatic rings. The van der Waals surface area contributed by atoms with E-state index in [0.717, 1.165) is 24.3 Å². The van der Waals surface area contributed by atoms with Crippen LogP contribution in [0.2, 0.25) is 0 Å². The van der Waals surface area contributed by atoms with Gasteiger partial charge in [-0.3, -0.25) is 9.36 Å². The van der Waals surface area contributed by atoms with Crippen molar-refractivity contribution in [2.24, 2.45) is 7.05 Å². The lowest BCUT2D eigenvalue weighted by Crippen LogP contribution is -2.14. The summed E-state index contributed by atoms with van der Waals surface area (Å²) in [7, 11) is 1.95. The maximum atomic E-state index is 4.39. The molecule has 18 heavy (non-hydrogen) atoms. The van der Waals surface area contributed by atoms with Crippen LogP contribution in [0, 0.1) is 6.92 Å². The molecule has 0 aliphatic heterocycles. The van der Waals surface area contributed by atoms with E-state index in [4.69, 9.17) is 0 Å². The Morgan fingerprint density at radius 2 is 2.17 bits per heavy atom. The van der Waals surface area contributed by atoms with Crippen LogP contribution < -0.4 is 5.32 Å². The lowest BCUT2D eigenvalue weighted by Gasteiger charge is -2.15. The highest BCUT2D eigenvalue weighted by Gasteiger charge is 2.09. The average molecular weight is 247 g/mol. The van der Waals surface area contributed by atoms with E-state index in [9.17, 15) is 0 Å². The van der Waals surface area contributed by atoms with E-state index in [-0.39, 0.29) is 0 Å². The van der Waals surface area contributed by atoms with Gasteiger partial charge >= 0.3 is 0 Å². The van der Waals surface area contributed by atoms with E-state index in [1.165, 1.54) is 5.69 Å². The van der Waals surface area contributed by atoms with Crippen molar-refractivity contribution in [3.8, 4) is 0 Å². The lowest BCUT2D eigenvalue weighted by molar-refractivity contribution is 0.462. The van der Waals surface area contributed by atoms with Gasteiger partial charge in [0.1, 0.15) is 5.82 Å². The molecular formula is C13H21N5. The molecule has 0 spiro atoms. The summed E-state index contributed by atoms with van der Waals surface area (Å²) in [5.41, 5.74) is 2.36. The fourth-order valence-corrected chi connectivity index (χ4v) is 2.03. The molecule has 5 heteroatoms. The first-order valence-electron chi connectivity index (χ1n) is 6.38. The first kappa shape index (κ1) is 12.7. The summed E-state index contributed by atoms with van der Waals surface area (Å²) in [5.74, 6) is 1.06. The molecule has 1 N–H and O–H groups in total. The molecule has 2 heterocycles. The van der Waals surface area contributed by atoms with E-state index in [2.05, 4.69) is 47.0 Å². The molecule has 0 radical (unpaired) electrons. The number of hydrogen-bond acceptors (Lipinski definition) is 3. The summed E-state index contributed by atoms with van der Waals surface area (Å²) < 4.78 is 3.94. The van der Waals surface area contributed by atoms with Crippen LogP contribution in [0.25, 0.3) is 0 Å². The predicted octanol–water partition coefficient (Wildman–Crippen LogP) is 2.51. The fraction of sp³-hybridized carbons (Fsp3) is 0.538. The van der Waals surface area contributed by atoms with Gasteiger partial charge in [-0.25, -0.2) is 0 Å². The summed E-state index contributed by atoms with van der Waals surface area (Å²) in [6.45, 7) is 7.19. The zero-order valence-corrected chi connectivity index (χ0v) is 11.5. The van der Waals surface area contributed by atoms with Crippen LogP contribution in [0.15, 0.2) is 18.5 Å². The normalized spacial score (nSPS) is 12.7. The van der Waals surface area contributed by atoms with Gasteiger partial charge in [-0.15, -0.1) is 0 Å². The fourth-order valence-electron chi connectivity index (χ4n) is 2.03. The van der Waals surface area contributed by atoms with Gasteiger partial charge in [0.2, 0.25) is 0 Å². The van der Waals surface area contributed by atoms with Crippen LogP contribution in [0.3, 0.4) is 0 Å². The number of rotatable bonds is 5. The number of nitrogens with zero attached hydrogens (tertiary/aromatic N) is 4. The number of aryl methyl sites for hydroxylation is 2. The molecular weight excluding hydrogens is 226 g/mol. The summed E-state index contributed by atoms with van der Waals surface area (Å²) in [6, 6.07) is 2.50. The molecule has 0 bridgehead atoms. The number of anilines is 1. The second-order valence-electron chi connectivity index (χ2n) is 4.68. The summed E-state index contributed by atoms with van der Waals surface area (Å²) in [5, 5.41) is 12.0. The maximum absolute atomic E-state index is 4.39. The Bertz CT molecular complexity index is 492. The Balaban J connectivity index is 2.09. The van der Waals surface area contributed by atoms with E-state index in [1.54, 1.807) is 0 Å². The second kappa shape index (κ2) is 5.25. The molecule has 2 aromatic heterocycles. The van der Waals surface area contributed by atoms with Crippen molar-refractivity contribution < 1.29 is 0 Å². The second-order valence-corrected chi connectivity index (χ2v) is 4.68. The number of nitrogens with one attached hydrogen (secondary N) is 1. The van der Waals surface area contributed by atoms with Gasteiger partial charge in [-0.2, -0.15) is 10.2 Å². The largest absolute Gasteiger partial charge is 0.364 e. The van der Waals surface area contributed by atoms with Gasteiger partial charge in [0, 0.05) is 24.8 Å². The summed E-state index contributed by atoms with van der Waals surface area (Å²) in [4.78, 5) is 0. The molecule has 2 rings (SSSR count). The van der Waals surface area contributed by atoms with E-state index < -0.39 is 0 Å². The molecule has 1 atom stereocenters. The molecule has 0 amide bonds. The minimum absolute atomic E-state index is 0.435. The standard InChI is InChI=1S/C13H21N5/c1-5-11(3)18-12(6-7-15-18)9-14-13-10(2)8-16-17(13)4/h6-8,11,14H,5,9H2,1-4H3/t11-/m1/s1. The third-order valence-electron chi connectivity index (χ3n) is 3.32. The van der Waals surface area contributed by atoms with Gasteiger partial charge in [0.05, 0.1) is 18.4 Å². The Morgan fingerprint density at radius 3 is 2.78 bits per heavy atom. The van der Waals surface area contributed by atoms with Crippen molar-refractivity contribution in [1.29, 1.82) is 0 Å². The Morgan fingerprint density at radius 1 is 1.39 bits per heavy atom. The van der Waals surface area contributed by atoms with Gasteiger partial charge < -0.3 is 5.32 Å². The van der Waals surface area contributed by atoms with E-state index in [0.29, 0.717) is 6.04 Å². The topological polar surface area (TPSA) is 47.7 Å². The van der Waals surface area contributed by atoms with Gasteiger partial charge in [0.25, 0.3) is 0 Å². The first-order chi connectivity index (χ1) is 8.63. The van der Waals surface area contributed by atoms with E-state index >= 15 is 0 Å². The smallest absolute Gasteiger partial charge is 0.127 e. The third-order valence-corrected chi connectivity index (χ3v) is 3.32. The zero-order valence-electron chi connectivity index (χ0n) is 11.5. The van der Waals surface area contributed by atoms with Gasteiger partial charge in [0.15, 0.2) is 0 Å². The SMILES string of the molecule is CC[C@@H](C)n1nccc1CNc1c(C)cnn1C. The molecule has 0 unspecified atom stereocenters. The van der Waals surface area contributed by atoms with Gasteiger partial charge in [-0.1, -0.05) is 6.92 Å². The molecule has 98 valence electrons. The Kier molecular flexibility index (Phi) is 3.69. The predicted molar refractivity (Wildman–Crippen MR) is 72.5 cm³/mol. The maximum Gasteiger partial charge on any atom is 0.127 e. The van der Waals surface area contributed by atoms with E-state index in [1.807, 2.05) is 24.1 Å². The molecule has 0 aromatic carbocycles. The van der Waals surface area contributed by atoms with Gasteiger partial charge in [-0.05, 0) is 26.3 Å². The minimum atomic E-state index is 0.435. The zero-order chi connectivity index (χ0) is 13.1. The highest BCUT2D eigenvalue weighted by Crippen LogP contribution is 2.16. The minimum Gasteiger partial charge on any atom is -0.364 e. The highest BCUT2D eigenvalue weighted by atomic mass is 15.3. The lowest BCUT2D eigenvalue weighted by atomic mass is 10.2. The molecule has 0 aliphatic carbocycles. The van der Waals surface area contributed by atoms with Crippen molar-refractivity contribution >= 4 is 5.82 Å². The Hall–Kier alpha value is -1.78. The van der Waals surface area contributed by atoms with Crippen molar-refractivity contribution in [3.63, 3.8) is 0 Å². The third kappa shape index (κ3) is 2.39. The van der Waals surface area contributed by atoms with Crippen molar-refractivity contribution in [3.05, 3.63) is 29.7 Å². The quantitative estimate of drug-likeness (QED) is 0.883. The molecule has 5 nitrogen and oxygen atoms in total. The number of hydrogen-bond donors (Lipinski definition) is 1. The van der Waals surface area contributed by atoms with Crippen LogP contribution in [0.5, 0.6) is 0 Å². The molecule has 0 fully saturated rings. The Labute approximate surface area is 108 Å². The van der Waals surface area contributed by atoms with Crippen LogP contribution in [0.4, 0.5) is 5.82 Å². The highest BCUT2D eigenvalue weighted by molar-refractivity contribution is 5.42. The molecule has 0 saturated heterocycles. The van der Waals surface area contributed by atoms with Crippen LogP contribution in [0.1, 0.15) is 37.6 Å².